The van der Waals surface area contributed by atoms with Gasteiger partial charge in [0.15, 0.2) is 0 Å². The van der Waals surface area contributed by atoms with Gasteiger partial charge in [0.25, 0.3) is 0 Å². The number of carbonyl (C=O) groups is 1. The van der Waals surface area contributed by atoms with Gasteiger partial charge in [-0.1, -0.05) is 0 Å². The fraction of sp³-hybridized carbons (Fsp3) is 0.400. The van der Waals surface area contributed by atoms with Crippen LogP contribution in [-0.4, -0.2) is 39.4 Å². The molecule has 0 aromatic carbocycles. The van der Waals surface area contributed by atoms with Crippen LogP contribution in [0.4, 0.5) is 5.69 Å². The molecule has 2 atom stereocenters. The summed E-state index contributed by atoms with van der Waals surface area (Å²) < 4.78 is 5.42. The van der Waals surface area contributed by atoms with Crippen molar-refractivity contribution in [2.45, 2.75) is 31.5 Å². The number of anilines is 1. The lowest BCUT2D eigenvalue weighted by Gasteiger charge is -2.24. The molecular weight excluding hydrogens is 268 g/mol. The highest BCUT2D eigenvalue weighted by Crippen LogP contribution is 2.36. The first kappa shape index (κ1) is 12.5. The number of rotatable bonds is 3. The zero-order chi connectivity index (χ0) is 14.2. The number of fused-ring (bicyclic) bond motifs is 1. The Bertz CT molecular complexity index is 628. The summed E-state index contributed by atoms with van der Waals surface area (Å²) in [6, 6.07) is 4.35. The van der Waals surface area contributed by atoms with Gasteiger partial charge in [0.1, 0.15) is 12.1 Å². The Morgan fingerprint density at radius 3 is 2.90 bits per heavy atom. The summed E-state index contributed by atoms with van der Waals surface area (Å²) in [6.45, 7) is 1.74. The van der Waals surface area contributed by atoms with Crippen molar-refractivity contribution >= 4 is 11.6 Å². The fourth-order valence-electron chi connectivity index (χ4n) is 3.48. The van der Waals surface area contributed by atoms with Gasteiger partial charge in [-0.2, -0.15) is 0 Å². The van der Waals surface area contributed by atoms with Gasteiger partial charge in [-0.05, 0) is 18.6 Å². The largest absolute Gasteiger partial charge is 0.468 e. The molecule has 6 heteroatoms. The Labute approximate surface area is 122 Å². The van der Waals surface area contributed by atoms with E-state index in [0.29, 0.717) is 6.42 Å². The van der Waals surface area contributed by atoms with E-state index in [2.05, 4.69) is 14.9 Å². The van der Waals surface area contributed by atoms with E-state index in [1.165, 1.54) is 6.33 Å². The van der Waals surface area contributed by atoms with E-state index in [0.717, 1.165) is 31.0 Å². The minimum absolute atomic E-state index is 0.156. The van der Waals surface area contributed by atoms with Crippen molar-refractivity contribution in [2.75, 3.05) is 11.4 Å². The Kier molecular flexibility index (Phi) is 2.96. The Morgan fingerprint density at radius 2 is 2.14 bits per heavy atom. The number of aromatic nitrogens is 2. The van der Waals surface area contributed by atoms with Crippen LogP contribution in [0.3, 0.4) is 0 Å². The molecule has 21 heavy (non-hydrogen) atoms. The van der Waals surface area contributed by atoms with E-state index >= 15 is 0 Å². The zero-order valence-electron chi connectivity index (χ0n) is 11.6. The number of amides is 1. The smallest absolute Gasteiger partial charge is 0.229 e. The van der Waals surface area contributed by atoms with Gasteiger partial charge < -0.3 is 9.32 Å². The van der Waals surface area contributed by atoms with Crippen molar-refractivity contribution in [3.63, 3.8) is 0 Å². The fourth-order valence-corrected chi connectivity index (χ4v) is 3.48. The molecule has 0 bridgehead atoms. The maximum atomic E-state index is 12.4. The molecule has 1 amide bonds. The topological polar surface area (TPSA) is 62.5 Å². The van der Waals surface area contributed by atoms with E-state index in [1.54, 1.807) is 18.7 Å². The van der Waals surface area contributed by atoms with Crippen LogP contribution in [0.15, 0.2) is 41.5 Å². The zero-order valence-corrected chi connectivity index (χ0v) is 11.6. The van der Waals surface area contributed by atoms with Gasteiger partial charge in [0.05, 0.1) is 36.9 Å². The summed E-state index contributed by atoms with van der Waals surface area (Å²) in [7, 11) is 0. The van der Waals surface area contributed by atoms with Gasteiger partial charge in [0.2, 0.25) is 5.91 Å². The summed E-state index contributed by atoms with van der Waals surface area (Å²) in [4.78, 5) is 24.6. The molecule has 0 N–H and O–H groups in total. The van der Waals surface area contributed by atoms with Crippen LogP contribution in [-0.2, 0) is 11.3 Å². The normalized spacial score (nSPS) is 25.5. The second kappa shape index (κ2) is 4.96. The van der Waals surface area contributed by atoms with Crippen molar-refractivity contribution in [2.24, 2.45) is 0 Å². The van der Waals surface area contributed by atoms with Crippen molar-refractivity contribution < 1.29 is 9.21 Å². The number of furan rings is 1. The predicted molar refractivity (Wildman–Crippen MR) is 75.4 cm³/mol. The molecule has 108 valence electrons. The van der Waals surface area contributed by atoms with Gasteiger partial charge in [-0.25, -0.2) is 9.97 Å². The summed E-state index contributed by atoms with van der Waals surface area (Å²) >= 11 is 0. The van der Waals surface area contributed by atoms with Crippen LogP contribution in [0.25, 0.3) is 0 Å². The number of hydrogen-bond donors (Lipinski definition) is 0. The van der Waals surface area contributed by atoms with Gasteiger partial charge in [0, 0.05) is 19.0 Å². The van der Waals surface area contributed by atoms with E-state index in [4.69, 9.17) is 4.42 Å². The molecule has 0 radical (unpaired) electrons. The molecule has 2 aliphatic rings. The van der Waals surface area contributed by atoms with E-state index in [1.807, 2.05) is 17.0 Å². The van der Waals surface area contributed by atoms with Gasteiger partial charge >= 0.3 is 0 Å². The van der Waals surface area contributed by atoms with Crippen LogP contribution in [0.2, 0.25) is 0 Å². The first-order chi connectivity index (χ1) is 10.3. The van der Waals surface area contributed by atoms with Gasteiger partial charge in [-0.3, -0.25) is 9.69 Å². The van der Waals surface area contributed by atoms with Crippen molar-refractivity contribution in [1.29, 1.82) is 0 Å². The Balaban J connectivity index is 1.55. The van der Waals surface area contributed by atoms with E-state index in [9.17, 15) is 4.79 Å². The highest BCUT2D eigenvalue weighted by molar-refractivity contribution is 5.97. The highest BCUT2D eigenvalue weighted by Gasteiger charge is 2.47. The summed E-state index contributed by atoms with van der Waals surface area (Å²) in [5, 5.41) is 0. The Hall–Kier alpha value is -2.21. The van der Waals surface area contributed by atoms with Gasteiger partial charge in [-0.15, -0.1) is 0 Å². The lowest BCUT2D eigenvalue weighted by molar-refractivity contribution is -0.117. The predicted octanol–water partition coefficient (Wildman–Crippen LogP) is 1.45. The quantitative estimate of drug-likeness (QED) is 0.853. The Morgan fingerprint density at radius 1 is 1.29 bits per heavy atom. The third kappa shape index (κ3) is 2.12. The molecule has 0 spiro atoms. The third-order valence-corrected chi connectivity index (χ3v) is 4.37. The molecule has 0 unspecified atom stereocenters. The molecule has 0 saturated carbocycles. The second-order valence-corrected chi connectivity index (χ2v) is 5.54. The van der Waals surface area contributed by atoms with Crippen LogP contribution in [0.5, 0.6) is 0 Å². The number of hydrogen-bond acceptors (Lipinski definition) is 5. The van der Waals surface area contributed by atoms with Crippen LogP contribution >= 0.6 is 0 Å². The van der Waals surface area contributed by atoms with E-state index < -0.39 is 0 Å². The standard InChI is InChI=1S/C15H16N4O2/c20-15-6-14-13(19(15)11-7-16-10-17-8-11)3-4-18(14)9-12-2-1-5-21-12/h1-2,5,7-8,10,13-14H,3-4,6,9H2/t13-,14+/m1/s1. The highest BCUT2D eigenvalue weighted by atomic mass is 16.3. The monoisotopic (exact) mass is 284 g/mol. The van der Waals surface area contributed by atoms with Crippen LogP contribution < -0.4 is 4.90 Å². The van der Waals surface area contributed by atoms with E-state index in [-0.39, 0.29) is 18.0 Å². The van der Waals surface area contributed by atoms with Crippen molar-refractivity contribution in [1.82, 2.24) is 14.9 Å². The first-order valence-corrected chi connectivity index (χ1v) is 7.16. The number of nitrogens with zero attached hydrogens (tertiary/aromatic N) is 4. The average molecular weight is 284 g/mol. The number of carbonyl (C=O) groups excluding carboxylic acids is 1. The number of likely N-dealkylation sites (tertiary alicyclic amines) is 1. The lowest BCUT2D eigenvalue weighted by Crippen LogP contribution is -2.37. The first-order valence-electron chi connectivity index (χ1n) is 7.16. The summed E-state index contributed by atoms with van der Waals surface area (Å²) in [6.07, 6.45) is 8.13. The molecule has 2 aromatic rings. The maximum absolute atomic E-state index is 12.4. The molecule has 2 aromatic heterocycles. The van der Waals surface area contributed by atoms with Crippen LogP contribution in [0, 0.1) is 0 Å². The SMILES string of the molecule is O=C1C[C@H]2[C@@H](CCN2Cc2ccco2)N1c1cncnc1. The summed E-state index contributed by atoms with van der Waals surface area (Å²) in [5.74, 6) is 1.11. The maximum Gasteiger partial charge on any atom is 0.229 e. The minimum Gasteiger partial charge on any atom is -0.468 e. The average Bonchev–Trinajstić information content (AvgIpc) is 3.19. The van der Waals surface area contributed by atoms with Crippen molar-refractivity contribution in [3.05, 3.63) is 42.9 Å². The molecule has 6 nitrogen and oxygen atoms in total. The summed E-state index contributed by atoms with van der Waals surface area (Å²) in [5.41, 5.74) is 0.801. The van der Waals surface area contributed by atoms with Crippen molar-refractivity contribution in [3.8, 4) is 0 Å². The molecule has 0 aliphatic carbocycles. The minimum atomic E-state index is 0.156. The lowest BCUT2D eigenvalue weighted by atomic mass is 10.1. The molecule has 4 rings (SSSR count). The third-order valence-electron chi connectivity index (χ3n) is 4.37. The second-order valence-electron chi connectivity index (χ2n) is 5.54. The molecule has 2 saturated heterocycles. The van der Waals surface area contributed by atoms with Crippen LogP contribution in [0.1, 0.15) is 18.6 Å². The molecular formula is C15H16N4O2. The molecule has 4 heterocycles. The molecule has 2 fully saturated rings. The molecule has 2 aliphatic heterocycles.